The monoisotopic (exact) mass is 140 g/mol. The van der Waals surface area contributed by atoms with Crippen molar-refractivity contribution in [3.8, 4) is 0 Å². The van der Waals surface area contributed by atoms with Gasteiger partial charge in [0.15, 0.2) is 0 Å². The van der Waals surface area contributed by atoms with E-state index in [0.717, 1.165) is 12.7 Å². The van der Waals surface area contributed by atoms with E-state index in [1.807, 2.05) is 13.1 Å². The normalized spacial score (nSPS) is 28.4. The fourth-order valence-electron chi connectivity index (χ4n) is 1.39. The molecule has 1 fully saturated rings. The van der Waals surface area contributed by atoms with Gasteiger partial charge in [0.2, 0.25) is 0 Å². The molecule has 0 saturated carbocycles. The SMILES string of the molecule is C/C=N\CN1CCC[C@@H]1C. The molecular formula is C8H16N2. The molecular weight excluding hydrogens is 124 g/mol. The molecule has 1 heterocycles. The van der Waals surface area contributed by atoms with E-state index in [1.54, 1.807) is 0 Å². The van der Waals surface area contributed by atoms with Gasteiger partial charge in [0.05, 0.1) is 6.67 Å². The van der Waals surface area contributed by atoms with Gasteiger partial charge in [-0.15, -0.1) is 0 Å². The van der Waals surface area contributed by atoms with Crippen LogP contribution in [0.2, 0.25) is 0 Å². The molecule has 2 heteroatoms. The van der Waals surface area contributed by atoms with Crippen molar-refractivity contribution in [2.45, 2.75) is 32.7 Å². The van der Waals surface area contributed by atoms with Crippen LogP contribution < -0.4 is 0 Å². The van der Waals surface area contributed by atoms with Gasteiger partial charge in [-0.05, 0) is 32.9 Å². The van der Waals surface area contributed by atoms with Gasteiger partial charge >= 0.3 is 0 Å². The van der Waals surface area contributed by atoms with E-state index in [1.165, 1.54) is 19.4 Å². The molecule has 58 valence electrons. The van der Waals surface area contributed by atoms with Gasteiger partial charge in [-0.25, -0.2) is 0 Å². The Bertz CT molecular complexity index is 120. The van der Waals surface area contributed by atoms with E-state index in [0.29, 0.717) is 0 Å². The van der Waals surface area contributed by atoms with Crippen molar-refractivity contribution in [1.82, 2.24) is 4.90 Å². The summed E-state index contributed by atoms with van der Waals surface area (Å²) >= 11 is 0. The van der Waals surface area contributed by atoms with Gasteiger partial charge in [-0.1, -0.05) is 0 Å². The molecule has 0 bridgehead atoms. The second kappa shape index (κ2) is 3.71. The average molecular weight is 140 g/mol. The highest BCUT2D eigenvalue weighted by Gasteiger charge is 2.18. The molecule has 1 aliphatic heterocycles. The third-order valence-electron chi connectivity index (χ3n) is 2.14. The Labute approximate surface area is 62.9 Å². The summed E-state index contributed by atoms with van der Waals surface area (Å²) in [5, 5.41) is 0. The molecule has 0 aromatic heterocycles. The van der Waals surface area contributed by atoms with E-state index in [4.69, 9.17) is 0 Å². The summed E-state index contributed by atoms with van der Waals surface area (Å²) in [5.41, 5.74) is 0. The Morgan fingerprint density at radius 1 is 1.70 bits per heavy atom. The summed E-state index contributed by atoms with van der Waals surface area (Å²) in [6, 6.07) is 0.753. The minimum atomic E-state index is 0.753. The zero-order chi connectivity index (χ0) is 7.40. The van der Waals surface area contributed by atoms with Gasteiger partial charge in [0, 0.05) is 12.6 Å². The summed E-state index contributed by atoms with van der Waals surface area (Å²) in [6.07, 6.45) is 4.57. The molecule has 2 nitrogen and oxygen atoms in total. The maximum absolute atomic E-state index is 4.21. The summed E-state index contributed by atoms with van der Waals surface area (Å²) in [6.45, 7) is 6.38. The number of nitrogens with zero attached hydrogens (tertiary/aromatic N) is 2. The fraction of sp³-hybridized carbons (Fsp3) is 0.875. The molecule has 0 spiro atoms. The van der Waals surface area contributed by atoms with Crippen LogP contribution >= 0.6 is 0 Å². The van der Waals surface area contributed by atoms with Gasteiger partial charge < -0.3 is 0 Å². The van der Waals surface area contributed by atoms with Crippen LogP contribution in [0.3, 0.4) is 0 Å². The third-order valence-corrected chi connectivity index (χ3v) is 2.14. The highest BCUT2D eigenvalue weighted by Crippen LogP contribution is 2.15. The molecule has 10 heavy (non-hydrogen) atoms. The summed E-state index contributed by atoms with van der Waals surface area (Å²) in [5.74, 6) is 0. The molecule has 0 radical (unpaired) electrons. The molecule has 1 atom stereocenters. The fourth-order valence-corrected chi connectivity index (χ4v) is 1.39. The minimum Gasteiger partial charge on any atom is -0.282 e. The average Bonchev–Trinajstić information content (AvgIpc) is 2.31. The lowest BCUT2D eigenvalue weighted by Crippen LogP contribution is -2.26. The van der Waals surface area contributed by atoms with E-state index >= 15 is 0 Å². The summed E-state index contributed by atoms with van der Waals surface area (Å²) < 4.78 is 0. The van der Waals surface area contributed by atoms with Crippen LogP contribution in [0, 0.1) is 0 Å². The van der Waals surface area contributed by atoms with Crippen LogP contribution in [0.5, 0.6) is 0 Å². The number of hydrogen-bond donors (Lipinski definition) is 0. The lowest BCUT2D eigenvalue weighted by Gasteiger charge is -2.17. The van der Waals surface area contributed by atoms with Crippen LogP contribution in [0.15, 0.2) is 4.99 Å². The Kier molecular flexibility index (Phi) is 2.87. The van der Waals surface area contributed by atoms with E-state index in [9.17, 15) is 0 Å². The zero-order valence-corrected chi connectivity index (χ0v) is 6.88. The maximum Gasteiger partial charge on any atom is 0.0907 e. The Morgan fingerprint density at radius 2 is 2.50 bits per heavy atom. The number of hydrogen-bond acceptors (Lipinski definition) is 2. The molecule has 0 unspecified atom stereocenters. The Hall–Kier alpha value is -0.370. The molecule has 1 aliphatic rings. The molecule has 0 aliphatic carbocycles. The Balaban J connectivity index is 2.26. The molecule has 0 N–H and O–H groups in total. The zero-order valence-electron chi connectivity index (χ0n) is 6.88. The van der Waals surface area contributed by atoms with Crippen LogP contribution in [0.1, 0.15) is 26.7 Å². The first-order valence-corrected chi connectivity index (χ1v) is 4.03. The first-order chi connectivity index (χ1) is 4.84. The largest absolute Gasteiger partial charge is 0.282 e. The van der Waals surface area contributed by atoms with Gasteiger partial charge in [0.1, 0.15) is 0 Å². The lowest BCUT2D eigenvalue weighted by atomic mass is 10.2. The van der Waals surface area contributed by atoms with Crippen molar-refractivity contribution in [1.29, 1.82) is 0 Å². The van der Waals surface area contributed by atoms with Crippen molar-refractivity contribution >= 4 is 6.21 Å². The molecule has 0 amide bonds. The van der Waals surface area contributed by atoms with Crippen molar-refractivity contribution < 1.29 is 0 Å². The first-order valence-electron chi connectivity index (χ1n) is 4.03. The van der Waals surface area contributed by atoms with E-state index in [-0.39, 0.29) is 0 Å². The van der Waals surface area contributed by atoms with Crippen molar-refractivity contribution in [2.24, 2.45) is 4.99 Å². The van der Waals surface area contributed by atoms with Crippen LogP contribution in [0.25, 0.3) is 0 Å². The van der Waals surface area contributed by atoms with Crippen molar-refractivity contribution in [3.05, 3.63) is 0 Å². The predicted octanol–water partition coefficient (Wildman–Crippen LogP) is 1.52. The van der Waals surface area contributed by atoms with Gasteiger partial charge in [-0.2, -0.15) is 0 Å². The molecule has 0 aromatic rings. The van der Waals surface area contributed by atoms with Crippen LogP contribution in [-0.4, -0.2) is 30.4 Å². The first kappa shape index (κ1) is 7.73. The van der Waals surface area contributed by atoms with Gasteiger partial charge in [-0.3, -0.25) is 9.89 Å². The topological polar surface area (TPSA) is 15.6 Å². The second-order valence-corrected chi connectivity index (χ2v) is 2.89. The predicted molar refractivity (Wildman–Crippen MR) is 44.4 cm³/mol. The maximum atomic E-state index is 4.21. The number of likely N-dealkylation sites (tertiary alicyclic amines) is 1. The summed E-state index contributed by atoms with van der Waals surface area (Å²) in [7, 11) is 0. The molecule has 1 saturated heterocycles. The Morgan fingerprint density at radius 3 is 3.00 bits per heavy atom. The second-order valence-electron chi connectivity index (χ2n) is 2.89. The van der Waals surface area contributed by atoms with Crippen LogP contribution in [-0.2, 0) is 0 Å². The van der Waals surface area contributed by atoms with E-state index < -0.39 is 0 Å². The molecule has 0 aromatic carbocycles. The minimum absolute atomic E-state index is 0.753. The summed E-state index contributed by atoms with van der Waals surface area (Å²) in [4.78, 5) is 6.62. The van der Waals surface area contributed by atoms with Crippen LogP contribution in [0.4, 0.5) is 0 Å². The highest BCUT2D eigenvalue weighted by atomic mass is 15.2. The lowest BCUT2D eigenvalue weighted by molar-refractivity contribution is 0.278. The smallest absolute Gasteiger partial charge is 0.0907 e. The van der Waals surface area contributed by atoms with Gasteiger partial charge in [0.25, 0.3) is 0 Å². The van der Waals surface area contributed by atoms with Crippen molar-refractivity contribution in [3.63, 3.8) is 0 Å². The molecule has 1 rings (SSSR count). The quantitative estimate of drug-likeness (QED) is 0.531. The third kappa shape index (κ3) is 1.81. The number of rotatable bonds is 2. The van der Waals surface area contributed by atoms with Crippen molar-refractivity contribution in [2.75, 3.05) is 13.2 Å². The standard InChI is InChI=1S/C8H16N2/c1-3-9-7-10-6-4-5-8(10)2/h3,8H,4-7H2,1-2H3/b9-3-/t8-/m0/s1. The number of aliphatic imine (C=N–C) groups is 1. The highest BCUT2D eigenvalue weighted by molar-refractivity contribution is 5.53. The van der Waals surface area contributed by atoms with E-state index in [2.05, 4.69) is 16.8 Å².